The number of benzene rings is 1. The van der Waals surface area contributed by atoms with Gasteiger partial charge in [-0.2, -0.15) is 0 Å². The SMILES string of the molecule is CC(C)CN(C)S(=O)(=O)c1ccc(C#CCCO)cc1F. The number of aliphatic hydroxyl groups excluding tert-OH is 1. The summed E-state index contributed by atoms with van der Waals surface area (Å²) in [5.41, 5.74) is 0.381. The van der Waals surface area contributed by atoms with Crippen molar-refractivity contribution >= 4 is 10.0 Å². The molecule has 1 aromatic rings. The van der Waals surface area contributed by atoms with Gasteiger partial charge < -0.3 is 5.11 Å². The van der Waals surface area contributed by atoms with Gasteiger partial charge in [0.2, 0.25) is 10.0 Å². The molecule has 0 unspecified atom stereocenters. The van der Waals surface area contributed by atoms with Crippen LogP contribution in [0.15, 0.2) is 23.1 Å². The second-order valence-corrected chi connectivity index (χ2v) is 7.11. The van der Waals surface area contributed by atoms with Gasteiger partial charge in [0, 0.05) is 25.6 Å². The normalized spacial score (nSPS) is 11.6. The monoisotopic (exact) mass is 313 g/mol. The van der Waals surface area contributed by atoms with Crippen LogP contribution in [-0.2, 0) is 10.0 Å². The quantitative estimate of drug-likeness (QED) is 0.844. The fourth-order valence-electron chi connectivity index (χ4n) is 1.79. The first-order chi connectivity index (χ1) is 9.78. The lowest BCUT2D eigenvalue weighted by Gasteiger charge is -2.19. The zero-order valence-corrected chi connectivity index (χ0v) is 13.2. The first-order valence-electron chi connectivity index (χ1n) is 6.64. The van der Waals surface area contributed by atoms with Crippen LogP contribution in [0.1, 0.15) is 25.8 Å². The lowest BCUT2D eigenvalue weighted by atomic mass is 10.2. The van der Waals surface area contributed by atoms with E-state index in [0.717, 1.165) is 10.4 Å². The van der Waals surface area contributed by atoms with E-state index in [1.807, 2.05) is 13.8 Å². The third-order valence-corrected chi connectivity index (χ3v) is 4.57. The van der Waals surface area contributed by atoms with E-state index in [0.29, 0.717) is 18.5 Å². The summed E-state index contributed by atoms with van der Waals surface area (Å²) in [5.74, 6) is 4.66. The van der Waals surface area contributed by atoms with Crippen LogP contribution >= 0.6 is 0 Å². The van der Waals surface area contributed by atoms with Crippen molar-refractivity contribution < 1.29 is 17.9 Å². The molecule has 6 heteroatoms. The average Bonchev–Trinajstić information content (AvgIpc) is 2.38. The van der Waals surface area contributed by atoms with Crippen LogP contribution < -0.4 is 0 Å². The summed E-state index contributed by atoms with van der Waals surface area (Å²) in [7, 11) is -2.40. The van der Waals surface area contributed by atoms with Crippen LogP contribution in [0, 0.1) is 23.6 Å². The van der Waals surface area contributed by atoms with E-state index >= 15 is 0 Å². The molecule has 21 heavy (non-hydrogen) atoms. The molecule has 116 valence electrons. The van der Waals surface area contributed by atoms with E-state index in [2.05, 4.69) is 11.8 Å². The lowest BCUT2D eigenvalue weighted by molar-refractivity contribution is 0.305. The van der Waals surface area contributed by atoms with Gasteiger partial charge >= 0.3 is 0 Å². The number of sulfonamides is 1. The van der Waals surface area contributed by atoms with Gasteiger partial charge in [-0.15, -0.1) is 0 Å². The second-order valence-electron chi connectivity index (χ2n) is 5.10. The van der Waals surface area contributed by atoms with Crippen LogP contribution in [0.4, 0.5) is 4.39 Å². The maximum absolute atomic E-state index is 14.0. The number of hydrogen-bond donors (Lipinski definition) is 1. The molecular formula is C15H20FNO3S. The number of hydrogen-bond acceptors (Lipinski definition) is 3. The Morgan fingerprint density at radius 1 is 1.38 bits per heavy atom. The summed E-state index contributed by atoms with van der Waals surface area (Å²) >= 11 is 0. The first-order valence-corrected chi connectivity index (χ1v) is 8.08. The van der Waals surface area contributed by atoms with E-state index in [4.69, 9.17) is 5.11 Å². The van der Waals surface area contributed by atoms with Crippen molar-refractivity contribution in [1.82, 2.24) is 4.31 Å². The topological polar surface area (TPSA) is 57.6 Å². The van der Waals surface area contributed by atoms with Crippen molar-refractivity contribution in [2.45, 2.75) is 25.2 Å². The first kappa shape index (κ1) is 17.6. The highest BCUT2D eigenvalue weighted by molar-refractivity contribution is 7.89. The molecule has 0 aliphatic rings. The van der Waals surface area contributed by atoms with Crippen LogP contribution in [0.5, 0.6) is 0 Å². The molecule has 0 atom stereocenters. The van der Waals surface area contributed by atoms with Crippen molar-refractivity contribution in [3.63, 3.8) is 0 Å². The molecule has 0 saturated heterocycles. The molecule has 0 amide bonds. The maximum atomic E-state index is 14.0. The van der Waals surface area contributed by atoms with Crippen molar-refractivity contribution in [2.75, 3.05) is 20.2 Å². The fraction of sp³-hybridized carbons (Fsp3) is 0.467. The van der Waals surface area contributed by atoms with Crippen molar-refractivity contribution in [1.29, 1.82) is 0 Å². The van der Waals surface area contributed by atoms with E-state index in [1.54, 1.807) is 0 Å². The molecule has 0 spiro atoms. The second kappa shape index (κ2) is 7.55. The Hall–Kier alpha value is -1.42. The Kier molecular flexibility index (Phi) is 6.34. The molecule has 0 radical (unpaired) electrons. The minimum atomic E-state index is -3.84. The van der Waals surface area contributed by atoms with Crippen molar-refractivity contribution in [3.05, 3.63) is 29.6 Å². The highest BCUT2D eigenvalue weighted by Crippen LogP contribution is 2.20. The van der Waals surface area contributed by atoms with Crippen LogP contribution in [-0.4, -0.2) is 38.0 Å². The molecule has 1 rings (SSSR count). The minimum Gasteiger partial charge on any atom is -0.395 e. The standard InChI is InChI=1S/C15H20FNO3S/c1-12(2)11-17(3)21(19,20)15-8-7-13(10-14(15)16)6-4-5-9-18/h7-8,10,12,18H,5,9,11H2,1-3H3. The Morgan fingerprint density at radius 3 is 2.57 bits per heavy atom. The van der Waals surface area contributed by atoms with E-state index in [-0.39, 0.29) is 17.4 Å². The predicted molar refractivity (Wildman–Crippen MR) is 79.6 cm³/mol. The molecule has 4 nitrogen and oxygen atoms in total. The minimum absolute atomic E-state index is 0.0675. The summed E-state index contributed by atoms with van der Waals surface area (Å²) in [6.45, 7) is 4.03. The highest BCUT2D eigenvalue weighted by Gasteiger charge is 2.24. The Balaban J connectivity index is 3.07. The fourth-order valence-corrected chi connectivity index (χ4v) is 3.16. The summed E-state index contributed by atoms with van der Waals surface area (Å²) in [6.07, 6.45) is 0.290. The molecule has 0 saturated carbocycles. The van der Waals surface area contributed by atoms with Crippen LogP contribution in [0.25, 0.3) is 0 Å². The molecule has 0 bridgehead atoms. The molecule has 0 fully saturated rings. The molecule has 0 aromatic heterocycles. The zero-order chi connectivity index (χ0) is 16.0. The Morgan fingerprint density at radius 2 is 2.05 bits per heavy atom. The van der Waals surface area contributed by atoms with Gasteiger partial charge in [0.05, 0.1) is 6.61 Å². The highest BCUT2D eigenvalue weighted by atomic mass is 32.2. The van der Waals surface area contributed by atoms with Crippen molar-refractivity contribution in [2.24, 2.45) is 5.92 Å². The summed E-state index contributed by atoms with van der Waals surface area (Å²) in [6, 6.07) is 3.79. The van der Waals surface area contributed by atoms with E-state index in [1.165, 1.54) is 19.2 Å². The lowest BCUT2D eigenvalue weighted by Crippen LogP contribution is -2.31. The number of aliphatic hydroxyl groups is 1. The van der Waals surface area contributed by atoms with Crippen molar-refractivity contribution in [3.8, 4) is 11.8 Å². The van der Waals surface area contributed by atoms with Gasteiger partial charge in [-0.1, -0.05) is 25.7 Å². The molecule has 0 aliphatic carbocycles. The number of nitrogens with zero attached hydrogens (tertiary/aromatic N) is 1. The van der Waals surface area contributed by atoms with Gasteiger partial charge in [0.1, 0.15) is 10.7 Å². The van der Waals surface area contributed by atoms with Gasteiger partial charge in [0.15, 0.2) is 0 Å². The van der Waals surface area contributed by atoms with Crippen LogP contribution in [0.2, 0.25) is 0 Å². The summed E-state index contributed by atoms with van der Waals surface area (Å²) < 4.78 is 39.7. The van der Waals surface area contributed by atoms with Gasteiger partial charge in [-0.25, -0.2) is 17.1 Å². The van der Waals surface area contributed by atoms with Gasteiger partial charge in [-0.05, 0) is 24.1 Å². The predicted octanol–water partition coefficient (Wildman–Crippen LogP) is 1.84. The zero-order valence-electron chi connectivity index (χ0n) is 12.4. The van der Waals surface area contributed by atoms with Gasteiger partial charge in [0.25, 0.3) is 0 Å². The molecule has 1 aromatic carbocycles. The van der Waals surface area contributed by atoms with E-state index in [9.17, 15) is 12.8 Å². The molecule has 0 aliphatic heterocycles. The summed E-state index contributed by atoms with van der Waals surface area (Å²) in [5, 5.41) is 8.62. The maximum Gasteiger partial charge on any atom is 0.245 e. The number of halogens is 1. The molecule has 1 N–H and O–H groups in total. The molecule has 0 heterocycles. The molecular weight excluding hydrogens is 293 g/mol. The van der Waals surface area contributed by atoms with Gasteiger partial charge in [-0.3, -0.25) is 0 Å². The Labute approximate surface area is 125 Å². The summed E-state index contributed by atoms with van der Waals surface area (Å²) in [4.78, 5) is -0.349. The number of rotatable bonds is 5. The Bertz CT molecular complexity index is 645. The third-order valence-electron chi connectivity index (χ3n) is 2.71. The largest absolute Gasteiger partial charge is 0.395 e. The average molecular weight is 313 g/mol. The smallest absolute Gasteiger partial charge is 0.245 e. The van der Waals surface area contributed by atoms with Crippen LogP contribution in [0.3, 0.4) is 0 Å². The van der Waals surface area contributed by atoms with E-state index < -0.39 is 15.8 Å². The third kappa shape index (κ3) is 4.81.